The highest BCUT2D eigenvalue weighted by Gasteiger charge is 2.27. The SMILES string of the molecule is CS(=O)(=O)N1CCCC(CC(N)c2ccc(Cl)s2)C1. The molecule has 19 heavy (non-hydrogen) atoms. The first-order valence-corrected chi connectivity index (χ1v) is 9.36. The van der Waals surface area contributed by atoms with E-state index in [1.54, 1.807) is 4.31 Å². The molecule has 108 valence electrons. The molecule has 1 fully saturated rings. The number of hydrogen-bond acceptors (Lipinski definition) is 4. The summed E-state index contributed by atoms with van der Waals surface area (Å²) in [6.07, 6.45) is 4.03. The number of halogens is 1. The van der Waals surface area contributed by atoms with E-state index in [2.05, 4.69) is 0 Å². The van der Waals surface area contributed by atoms with Gasteiger partial charge in [0.1, 0.15) is 0 Å². The first-order chi connectivity index (χ1) is 8.86. The van der Waals surface area contributed by atoms with Gasteiger partial charge >= 0.3 is 0 Å². The summed E-state index contributed by atoms with van der Waals surface area (Å²) in [5, 5.41) is 0. The Bertz CT molecular complexity index is 530. The number of sulfonamides is 1. The van der Waals surface area contributed by atoms with E-state index in [4.69, 9.17) is 17.3 Å². The van der Waals surface area contributed by atoms with Crippen molar-refractivity contribution in [2.45, 2.75) is 25.3 Å². The average molecular weight is 323 g/mol. The summed E-state index contributed by atoms with van der Waals surface area (Å²) in [5.41, 5.74) is 6.18. The molecule has 2 heterocycles. The number of rotatable bonds is 4. The molecule has 4 nitrogen and oxygen atoms in total. The Balaban J connectivity index is 1.95. The summed E-state index contributed by atoms with van der Waals surface area (Å²) in [6, 6.07) is 3.75. The molecule has 2 N–H and O–H groups in total. The fourth-order valence-electron chi connectivity index (χ4n) is 2.52. The predicted octanol–water partition coefficient (Wildman–Crippen LogP) is 2.46. The lowest BCUT2D eigenvalue weighted by atomic mass is 9.92. The molecule has 0 spiro atoms. The molecule has 0 bridgehead atoms. The van der Waals surface area contributed by atoms with Gasteiger partial charge in [-0.05, 0) is 37.3 Å². The van der Waals surface area contributed by atoms with Crippen LogP contribution in [-0.2, 0) is 10.0 Å². The maximum atomic E-state index is 11.6. The maximum Gasteiger partial charge on any atom is 0.211 e. The molecule has 1 saturated heterocycles. The minimum atomic E-state index is -3.08. The van der Waals surface area contributed by atoms with Gasteiger partial charge in [0.2, 0.25) is 10.0 Å². The van der Waals surface area contributed by atoms with E-state index in [-0.39, 0.29) is 6.04 Å². The van der Waals surface area contributed by atoms with Gasteiger partial charge < -0.3 is 5.73 Å². The number of hydrogen-bond donors (Lipinski definition) is 1. The quantitative estimate of drug-likeness (QED) is 0.926. The third-order valence-electron chi connectivity index (χ3n) is 3.50. The molecule has 0 aromatic carbocycles. The second-order valence-electron chi connectivity index (χ2n) is 5.11. The molecule has 0 radical (unpaired) electrons. The number of nitrogens with zero attached hydrogens (tertiary/aromatic N) is 1. The van der Waals surface area contributed by atoms with E-state index in [1.807, 2.05) is 12.1 Å². The van der Waals surface area contributed by atoms with Gasteiger partial charge in [0.15, 0.2) is 0 Å². The normalized spacial score (nSPS) is 23.4. The average Bonchev–Trinajstić information content (AvgIpc) is 2.75. The summed E-state index contributed by atoms with van der Waals surface area (Å²) >= 11 is 7.41. The van der Waals surface area contributed by atoms with Gasteiger partial charge in [0.25, 0.3) is 0 Å². The molecule has 1 aromatic heterocycles. The molecular formula is C12H19ClN2O2S2. The fourth-order valence-corrected chi connectivity index (χ4v) is 4.54. The van der Waals surface area contributed by atoms with Crippen LogP contribution in [0.4, 0.5) is 0 Å². The summed E-state index contributed by atoms with van der Waals surface area (Å²) in [7, 11) is -3.08. The lowest BCUT2D eigenvalue weighted by Gasteiger charge is -2.32. The largest absolute Gasteiger partial charge is 0.323 e. The Labute approximate surface area is 123 Å². The lowest BCUT2D eigenvalue weighted by Crippen LogP contribution is -2.40. The first kappa shape index (κ1) is 15.3. The van der Waals surface area contributed by atoms with Crippen molar-refractivity contribution in [2.24, 2.45) is 11.7 Å². The van der Waals surface area contributed by atoms with Gasteiger partial charge in [-0.3, -0.25) is 0 Å². The number of thiophene rings is 1. The Morgan fingerprint density at radius 3 is 2.89 bits per heavy atom. The minimum Gasteiger partial charge on any atom is -0.323 e. The van der Waals surface area contributed by atoms with E-state index in [0.29, 0.717) is 19.0 Å². The summed E-state index contributed by atoms with van der Waals surface area (Å²) in [5.74, 6) is 0.333. The zero-order valence-electron chi connectivity index (χ0n) is 10.9. The van der Waals surface area contributed by atoms with E-state index in [1.165, 1.54) is 17.6 Å². The predicted molar refractivity (Wildman–Crippen MR) is 80.0 cm³/mol. The first-order valence-electron chi connectivity index (χ1n) is 6.32. The molecule has 2 rings (SSSR count). The van der Waals surface area contributed by atoms with Crippen LogP contribution in [0.1, 0.15) is 30.2 Å². The van der Waals surface area contributed by atoms with Crippen LogP contribution in [0.3, 0.4) is 0 Å². The standard InChI is InChI=1S/C12H19ClN2O2S2/c1-19(16,17)15-6-2-3-9(8-15)7-10(14)11-4-5-12(13)18-11/h4-5,9-10H,2-3,6-8,14H2,1H3. The fraction of sp³-hybridized carbons (Fsp3) is 0.667. The molecule has 1 aliphatic rings. The van der Waals surface area contributed by atoms with Crippen LogP contribution in [0, 0.1) is 5.92 Å². The Morgan fingerprint density at radius 2 is 2.32 bits per heavy atom. The van der Waals surface area contributed by atoms with Crippen molar-refractivity contribution in [1.82, 2.24) is 4.31 Å². The van der Waals surface area contributed by atoms with E-state index >= 15 is 0 Å². The van der Waals surface area contributed by atoms with Gasteiger partial charge in [-0.2, -0.15) is 0 Å². The van der Waals surface area contributed by atoms with Crippen LogP contribution in [0.5, 0.6) is 0 Å². The van der Waals surface area contributed by atoms with Crippen molar-refractivity contribution < 1.29 is 8.42 Å². The maximum absolute atomic E-state index is 11.6. The zero-order chi connectivity index (χ0) is 14.0. The van der Waals surface area contributed by atoms with Gasteiger partial charge in [-0.1, -0.05) is 11.6 Å². The molecule has 1 aromatic rings. The Kier molecular flexibility index (Phi) is 4.89. The molecular weight excluding hydrogens is 304 g/mol. The summed E-state index contributed by atoms with van der Waals surface area (Å²) in [4.78, 5) is 1.07. The molecule has 0 saturated carbocycles. The van der Waals surface area contributed by atoms with E-state index in [9.17, 15) is 8.42 Å². The smallest absolute Gasteiger partial charge is 0.211 e. The van der Waals surface area contributed by atoms with Crippen LogP contribution < -0.4 is 5.73 Å². The molecule has 0 aliphatic carbocycles. The minimum absolute atomic E-state index is 0.0537. The molecule has 2 atom stereocenters. The summed E-state index contributed by atoms with van der Waals surface area (Å²) in [6.45, 7) is 1.22. The van der Waals surface area contributed by atoms with Crippen molar-refractivity contribution in [3.8, 4) is 0 Å². The van der Waals surface area contributed by atoms with Gasteiger partial charge in [0, 0.05) is 24.0 Å². The zero-order valence-corrected chi connectivity index (χ0v) is 13.3. The van der Waals surface area contributed by atoms with Gasteiger partial charge in [-0.15, -0.1) is 11.3 Å². The number of nitrogens with two attached hydrogens (primary N) is 1. The topological polar surface area (TPSA) is 63.4 Å². The van der Waals surface area contributed by atoms with Crippen molar-refractivity contribution in [2.75, 3.05) is 19.3 Å². The van der Waals surface area contributed by atoms with Crippen LogP contribution in [0.15, 0.2) is 12.1 Å². The Morgan fingerprint density at radius 1 is 1.58 bits per heavy atom. The van der Waals surface area contributed by atoms with Crippen molar-refractivity contribution in [3.63, 3.8) is 0 Å². The van der Waals surface area contributed by atoms with Crippen LogP contribution in [-0.4, -0.2) is 32.1 Å². The van der Waals surface area contributed by atoms with Gasteiger partial charge in [0.05, 0.1) is 10.6 Å². The van der Waals surface area contributed by atoms with E-state index in [0.717, 1.165) is 28.5 Å². The molecule has 0 amide bonds. The van der Waals surface area contributed by atoms with Crippen LogP contribution in [0.25, 0.3) is 0 Å². The van der Waals surface area contributed by atoms with Crippen molar-refractivity contribution in [1.29, 1.82) is 0 Å². The van der Waals surface area contributed by atoms with E-state index < -0.39 is 10.0 Å². The molecule has 1 aliphatic heterocycles. The second-order valence-corrected chi connectivity index (χ2v) is 8.84. The van der Waals surface area contributed by atoms with Crippen LogP contribution >= 0.6 is 22.9 Å². The summed E-state index contributed by atoms with van der Waals surface area (Å²) < 4.78 is 25.4. The number of piperidine rings is 1. The molecule has 7 heteroatoms. The highest BCUT2D eigenvalue weighted by Crippen LogP contribution is 2.31. The second kappa shape index (κ2) is 6.10. The third-order valence-corrected chi connectivity index (χ3v) is 6.13. The van der Waals surface area contributed by atoms with Crippen molar-refractivity contribution >= 4 is 33.0 Å². The van der Waals surface area contributed by atoms with Crippen molar-refractivity contribution in [3.05, 3.63) is 21.3 Å². The highest BCUT2D eigenvalue weighted by atomic mass is 35.5. The van der Waals surface area contributed by atoms with Gasteiger partial charge in [-0.25, -0.2) is 12.7 Å². The lowest BCUT2D eigenvalue weighted by molar-refractivity contribution is 0.247. The highest BCUT2D eigenvalue weighted by molar-refractivity contribution is 7.88. The monoisotopic (exact) mass is 322 g/mol. The Hall–Kier alpha value is -0.140. The third kappa shape index (κ3) is 4.16. The van der Waals surface area contributed by atoms with Crippen LogP contribution in [0.2, 0.25) is 4.34 Å². The molecule has 2 unspecified atom stereocenters.